The maximum atomic E-state index is 11.5. The van der Waals surface area contributed by atoms with Gasteiger partial charge < -0.3 is 14.6 Å². The Bertz CT molecular complexity index is 630. The molecular weight excluding hydrogens is 284 g/mol. The standard InChI is InChI=1S/C17H20O5/c1-9(2)17(20)21-8-10(3)15-7-13-14(22-15)6-5-12(11(4)18)16(13)19/h5-6,9,15,19H,3,7-8H2,1-2,4H3. The van der Waals surface area contributed by atoms with E-state index in [1.165, 1.54) is 6.92 Å². The van der Waals surface area contributed by atoms with Gasteiger partial charge in [-0.25, -0.2) is 0 Å². The zero-order valence-electron chi connectivity index (χ0n) is 13.0. The van der Waals surface area contributed by atoms with Crippen LogP contribution in [0.1, 0.15) is 36.7 Å². The smallest absolute Gasteiger partial charge is 0.308 e. The van der Waals surface area contributed by atoms with Gasteiger partial charge in [0.25, 0.3) is 0 Å². The molecule has 1 atom stereocenters. The molecule has 5 nitrogen and oxygen atoms in total. The Morgan fingerprint density at radius 2 is 2.14 bits per heavy atom. The molecule has 0 saturated carbocycles. The van der Waals surface area contributed by atoms with E-state index in [-0.39, 0.29) is 41.7 Å². The fourth-order valence-electron chi connectivity index (χ4n) is 2.24. The highest BCUT2D eigenvalue weighted by molar-refractivity contribution is 5.97. The Morgan fingerprint density at radius 1 is 1.45 bits per heavy atom. The fraction of sp³-hybridized carbons (Fsp3) is 0.412. The third-order valence-electron chi connectivity index (χ3n) is 3.60. The van der Waals surface area contributed by atoms with Crippen LogP contribution in [0.25, 0.3) is 0 Å². The van der Waals surface area contributed by atoms with E-state index in [2.05, 4.69) is 6.58 Å². The average Bonchev–Trinajstić information content (AvgIpc) is 2.89. The molecule has 0 saturated heterocycles. The molecular formula is C17H20O5. The molecule has 1 N–H and O–H groups in total. The molecule has 1 aliphatic heterocycles. The zero-order valence-corrected chi connectivity index (χ0v) is 13.0. The van der Waals surface area contributed by atoms with Gasteiger partial charge in [-0.1, -0.05) is 20.4 Å². The summed E-state index contributed by atoms with van der Waals surface area (Å²) in [5, 5.41) is 10.2. The van der Waals surface area contributed by atoms with Crippen molar-refractivity contribution >= 4 is 11.8 Å². The maximum Gasteiger partial charge on any atom is 0.308 e. The Labute approximate surface area is 129 Å². The number of carbonyl (C=O) groups is 2. The number of fused-ring (bicyclic) bond motifs is 1. The number of hydrogen-bond donors (Lipinski definition) is 1. The normalized spacial score (nSPS) is 16.1. The quantitative estimate of drug-likeness (QED) is 0.514. The van der Waals surface area contributed by atoms with Crippen LogP contribution in [0, 0.1) is 5.92 Å². The number of benzene rings is 1. The lowest BCUT2D eigenvalue weighted by molar-refractivity contribution is -0.146. The van der Waals surface area contributed by atoms with Gasteiger partial charge in [0.2, 0.25) is 0 Å². The largest absolute Gasteiger partial charge is 0.507 e. The fourth-order valence-corrected chi connectivity index (χ4v) is 2.24. The lowest BCUT2D eigenvalue weighted by Gasteiger charge is -2.14. The van der Waals surface area contributed by atoms with Crippen LogP contribution < -0.4 is 4.74 Å². The second kappa shape index (κ2) is 6.22. The van der Waals surface area contributed by atoms with Crippen molar-refractivity contribution in [2.75, 3.05) is 6.61 Å². The molecule has 1 aromatic carbocycles. The molecule has 0 radical (unpaired) electrons. The van der Waals surface area contributed by atoms with Gasteiger partial charge in [0.1, 0.15) is 24.2 Å². The SMILES string of the molecule is C=C(COC(=O)C(C)C)C1Cc2c(ccc(C(C)=O)c2O)O1. The Morgan fingerprint density at radius 3 is 2.73 bits per heavy atom. The Balaban J connectivity index is 2.06. The molecule has 1 aromatic rings. The number of ketones is 1. The van der Waals surface area contributed by atoms with Gasteiger partial charge in [-0.2, -0.15) is 0 Å². The summed E-state index contributed by atoms with van der Waals surface area (Å²) in [6.07, 6.45) is 0.0310. The van der Waals surface area contributed by atoms with Gasteiger partial charge in [0.05, 0.1) is 11.5 Å². The van der Waals surface area contributed by atoms with Gasteiger partial charge >= 0.3 is 5.97 Å². The van der Waals surface area contributed by atoms with Crippen LogP contribution in [0.4, 0.5) is 0 Å². The highest BCUT2D eigenvalue weighted by Crippen LogP contribution is 2.39. The summed E-state index contributed by atoms with van der Waals surface area (Å²) >= 11 is 0. The number of hydrogen-bond acceptors (Lipinski definition) is 5. The van der Waals surface area contributed by atoms with E-state index in [9.17, 15) is 14.7 Å². The minimum Gasteiger partial charge on any atom is -0.507 e. The first-order valence-electron chi connectivity index (χ1n) is 7.18. The average molecular weight is 304 g/mol. The van der Waals surface area contributed by atoms with Crippen LogP contribution >= 0.6 is 0 Å². The van der Waals surface area contributed by atoms with E-state index in [0.717, 1.165) is 0 Å². The van der Waals surface area contributed by atoms with Gasteiger partial charge in [0, 0.05) is 17.6 Å². The molecule has 1 aliphatic rings. The van der Waals surface area contributed by atoms with Crippen molar-refractivity contribution in [3.8, 4) is 11.5 Å². The lowest BCUT2D eigenvalue weighted by atomic mass is 10.0. The van der Waals surface area contributed by atoms with E-state index in [1.807, 2.05) is 0 Å². The zero-order chi connectivity index (χ0) is 16.4. The molecule has 0 fully saturated rings. The molecule has 1 heterocycles. The number of phenolic OH excluding ortho intramolecular Hbond substituents is 1. The minimum atomic E-state index is -0.372. The molecule has 0 spiro atoms. The van der Waals surface area contributed by atoms with Crippen LogP contribution in [-0.4, -0.2) is 29.6 Å². The first kappa shape index (κ1) is 16.1. The predicted octanol–water partition coefficient (Wildman–Crippen LogP) is 2.65. The Hall–Kier alpha value is -2.30. The van der Waals surface area contributed by atoms with Gasteiger partial charge in [-0.3, -0.25) is 9.59 Å². The van der Waals surface area contributed by atoms with Crippen LogP contribution in [0.5, 0.6) is 11.5 Å². The third-order valence-corrected chi connectivity index (χ3v) is 3.60. The third kappa shape index (κ3) is 3.13. The predicted molar refractivity (Wildman–Crippen MR) is 81.2 cm³/mol. The number of ether oxygens (including phenoxy) is 2. The molecule has 0 aliphatic carbocycles. The molecule has 0 aromatic heterocycles. The summed E-state index contributed by atoms with van der Waals surface area (Å²) in [7, 11) is 0. The number of esters is 1. The van der Waals surface area contributed by atoms with Crippen molar-refractivity contribution < 1.29 is 24.2 Å². The van der Waals surface area contributed by atoms with E-state index in [0.29, 0.717) is 23.3 Å². The van der Waals surface area contributed by atoms with Crippen molar-refractivity contribution in [2.24, 2.45) is 5.92 Å². The van der Waals surface area contributed by atoms with Crippen LogP contribution in [-0.2, 0) is 16.0 Å². The highest BCUT2D eigenvalue weighted by atomic mass is 16.5. The van der Waals surface area contributed by atoms with Crippen molar-refractivity contribution in [2.45, 2.75) is 33.3 Å². The number of Topliss-reactive ketones (excluding diaryl/α,β-unsaturated/α-hetero) is 1. The molecule has 5 heteroatoms. The summed E-state index contributed by atoms with van der Waals surface area (Å²) in [5.74, 6) is -0.202. The first-order valence-corrected chi connectivity index (χ1v) is 7.18. The summed E-state index contributed by atoms with van der Waals surface area (Å²) in [5.41, 5.74) is 1.49. The van der Waals surface area contributed by atoms with Crippen molar-refractivity contribution in [3.05, 3.63) is 35.4 Å². The lowest BCUT2D eigenvalue weighted by Crippen LogP contribution is -2.22. The summed E-state index contributed by atoms with van der Waals surface area (Å²) in [4.78, 5) is 22.9. The number of carbonyl (C=O) groups excluding carboxylic acids is 2. The van der Waals surface area contributed by atoms with E-state index < -0.39 is 0 Å². The van der Waals surface area contributed by atoms with Crippen molar-refractivity contribution in [1.29, 1.82) is 0 Å². The van der Waals surface area contributed by atoms with Crippen molar-refractivity contribution in [1.82, 2.24) is 0 Å². The van der Waals surface area contributed by atoms with Gasteiger partial charge in [0.15, 0.2) is 5.78 Å². The summed E-state index contributed by atoms with van der Waals surface area (Å²) in [6, 6.07) is 3.21. The first-order chi connectivity index (χ1) is 10.3. The van der Waals surface area contributed by atoms with Crippen molar-refractivity contribution in [3.63, 3.8) is 0 Å². The second-order valence-electron chi connectivity index (χ2n) is 5.73. The summed E-state index contributed by atoms with van der Waals surface area (Å²) in [6.45, 7) is 8.89. The van der Waals surface area contributed by atoms with E-state index in [1.54, 1.807) is 26.0 Å². The molecule has 118 valence electrons. The molecule has 2 rings (SSSR count). The maximum absolute atomic E-state index is 11.5. The van der Waals surface area contributed by atoms with Crippen LogP contribution in [0.3, 0.4) is 0 Å². The number of aromatic hydroxyl groups is 1. The second-order valence-corrected chi connectivity index (χ2v) is 5.73. The van der Waals surface area contributed by atoms with Gasteiger partial charge in [-0.15, -0.1) is 0 Å². The molecule has 0 bridgehead atoms. The van der Waals surface area contributed by atoms with E-state index >= 15 is 0 Å². The molecule has 0 amide bonds. The number of phenols is 1. The highest BCUT2D eigenvalue weighted by Gasteiger charge is 2.30. The monoisotopic (exact) mass is 304 g/mol. The van der Waals surface area contributed by atoms with E-state index in [4.69, 9.17) is 9.47 Å². The minimum absolute atomic E-state index is 0.0422. The summed E-state index contributed by atoms with van der Waals surface area (Å²) < 4.78 is 10.8. The van der Waals surface area contributed by atoms with Crippen LogP contribution in [0.15, 0.2) is 24.3 Å². The Kier molecular flexibility index (Phi) is 4.54. The van der Waals surface area contributed by atoms with Gasteiger partial charge in [-0.05, 0) is 19.1 Å². The van der Waals surface area contributed by atoms with Crippen LogP contribution in [0.2, 0.25) is 0 Å². The molecule has 22 heavy (non-hydrogen) atoms. The molecule has 1 unspecified atom stereocenters. The number of rotatable bonds is 5. The topological polar surface area (TPSA) is 72.8 Å².